The molecule has 1 aromatic heterocycles. The Hall–Kier alpha value is -4.54. The van der Waals surface area contributed by atoms with Gasteiger partial charge in [0.05, 0.1) is 6.04 Å². The molecule has 0 saturated carbocycles. The Balaban J connectivity index is 1.48. The second-order valence-electron chi connectivity index (χ2n) is 13.2. The molecule has 1 heterocycles. The van der Waals surface area contributed by atoms with Gasteiger partial charge in [-0.2, -0.15) is 4.99 Å². The molecule has 0 unspecified atom stereocenters. The number of halogens is 1. The van der Waals surface area contributed by atoms with Crippen LogP contribution in [0.15, 0.2) is 34.3 Å². The van der Waals surface area contributed by atoms with E-state index in [0.717, 1.165) is 63.0 Å². The van der Waals surface area contributed by atoms with Crippen molar-refractivity contribution in [3.63, 3.8) is 0 Å². The highest BCUT2D eigenvalue weighted by Gasteiger charge is 2.17. The molecule has 0 aliphatic heterocycles. The number of aromatic nitrogens is 2. The molecule has 1 aromatic carbocycles. The highest BCUT2D eigenvalue weighted by Crippen LogP contribution is 2.17. The lowest BCUT2D eigenvalue weighted by Gasteiger charge is -2.17. The van der Waals surface area contributed by atoms with E-state index in [0.29, 0.717) is 39.1 Å². The summed E-state index contributed by atoms with van der Waals surface area (Å²) in [6.07, 6.45) is 6.61. The van der Waals surface area contributed by atoms with E-state index in [-0.39, 0.29) is 34.3 Å². The van der Waals surface area contributed by atoms with E-state index in [2.05, 4.69) is 35.9 Å². The molecular weight excluding hydrogens is 690 g/mol. The van der Waals surface area contributed by atoms with Crippen LogP contribution in [0.2, 0.25) is 5.15 Å². The summed E-state index contributed by atoms with van der Waals surface area (Å²) >= 11 is 5.81. The average molecular weight is 746 g/mol. The summed E-state index contributed by atoms with van der Waals surface area (Å²) in [5.74, 6) is -0.312. The number of nitrogens with one attached hydrogen (secondary N) is 3. The summed E-state index contributed by atoms with van der Waals surface area (Å²) in [6, 6.07) is 7.41. The summed E-state index contributed by atoms with van der Waals surface area (Å²) in [5, 5.41) is 8.50. The second-order valence-corrected chi connectivity index (χ2v) is 13.6. The van der Waals surface area contributed by atoms with E-state index in [1.807, 2.05) is 31.2 Å². The highest BCUT2D eigenvalue weighted by atomic mass is 35.5. The number of nitrogens with zero attached hydrogens (tertiary/aromatic N) is 4. The van der Waals surface area contributed by atoms with E-state index < -0.39 is 23.6 Å². The molecule has 288 valence electrons. The number of amides is 3. The van der Waals surface area contributed by atoms with Crippen molar-refractivity contribution in [2.75, 3.05) is 44.3 Å². The number of ether oxygens (including phenoxy) is 2. The average Bonchev–Trinajstić information content (AvgIpc) is 3.06. The zero-order chi connectivity index (χ0) is 38.5. The Labute approximate surface area is 311 Å². The third kappa shape index (κ3) is 18.6. The number of hydrogen-bond donors (Lipinski definition) is 7. The molecule has 0 spiro atoms. The number of aliphatic imine (C=N–C) groups is 2. The van der Waals surface area contributed by atoms with Gasteiger partial charge in [0, 0.05) is 25.3 Å². The van der Waals surface area contributed by atoms with Gasteiger partial charge in [0.15, 0.2) is 28.4 Å². The first kappa shape index (κ1) is 43.6. The van der Waals surface area contributed by atoms with Gasteiger partial charge in [-0.05, 0) is 96.9 Å². The second kappa shape index (κ2) is 23.1. The van der Waals surface area contributed by atoms with Crippen LogP contribution in [0.3, 0.4) is 0 Å². The molecule has 3 amide bonds. The monoisotopic (exact) mass is 745 g/mol. The zero-order valence-corrected chi connectivity index (χ0v) is 31.6. The van der Waals surface area contributed by atoms with Gasteiger partial charge < -0.3 is 43.0 Å². The summed E-state index contributed by atoms with van der Waals surface area (Å²) in [5.41, 5.74) is 24.2. The SMILES string of the molecule is CC(CCCCC[C@H](N)C(=O)NCCCNCCOc1ccc(CCCCN=C(N)NC(=O)c2nc(Cl)c(N)nc2N)cc1)=NC(=O)OC(C)(C)C. The quantitative estimate of drug-likeness (QED) is 0.0550. The number of nitrogens with two attached hydrogens (primary N) is 4. The number of rotatable bonds is 21. The maximum absolute atomic E-state index is 12.3. The number of carbonyl (C=O) groups is 3. The molecule has 2 rings (SSSR count). The standard InChI is InChI=1S/C35H56ClN11O5/c1-23(44-34(50)52-35(2,3)4)11-6-5-7-13-26(37)31(48)42-20-10-18-41-21-22-51-25-16-14-24(15-17-25)12-8-9-19-43-33(40)47-32(49)27-29(38)46-30(39)28(36)45-27/h14-17,26,41H,5-13,18-22,37H2,1-4H3,(H,42,48)(H4,38,39,46)(H3,40,43,47,49)/t26-/m0/s1. The number of guanidine groups is 1. The molecule has 16 nitrogen and oxygen atoms in total. The van der Waals surface area contributed by atoms with Crippen molar-refractivity contribution < 1.29 is 23.9 Å². The number of benzene rings is 1. The number of hydrogen-bond acceptors (Lipinski definition) is 12. The van der Waals surface area contributed by atoms with Crippen molar-refractivity contribution in [1.82, 2.24) is 25.9 Å². The number of carbonyl (C=O) groups excluding carboxylic acids is 3. The van der Waals surface area contributed by atoms with Gasteiger partial charge >= 0.3 is 6.09 Å². The lowest BCUT2D eigenvalue weighted by atomic mass is 10.1. The van der Waals surface area contributed by atoms with E-state index >= 15 is 0 Å². The van der Waals surface area contributed by atoms with Crippen LogP contribution in [0.4, 0.5) is 16.4 Å². The number of aryl methyl sites for hydroxylation is 1. The lowest BCUT2D eigenvalue weighted by Crippen LogP contribution is -2.41. The Morgan fingerprint density at radius 3 is 2.38 bits per heavy atom. The van der Waals surface area contributed by atoms with E-state index in [1.165, 1.54) is 5.56 Å². The minimum Gasteiger partial charge on any atom is -0.492 e. The Kier molecular flexibility index (Phi) is 19.4. The van der Waals surface area contributed by atoms with E-state index in [1.54, 1.807) is 20.8 Å². The molecule has 0 radical (unpaired) electrons. The Bertz CT molecular complexity index is 1500. The van der Waals surface area contributed by atoms with Gasteiger partial charge in [-0.1, -0.05) is 36.6 Å². The molecule has 0 aliphatic carbocycles. The maximum Gasteiger partial charge on any atom is 0.434 e. The van der Waals surface area contributed by atoms with Crippen LogP contribution in [-0.2, 0) is 16.0 Å². The fourth-order valence-corrected chi connectivity index (χ4v) is 4.81. The van der Waals surface area contributed by atoms with Crippen molar-refractivity contribution >= 4 is 52.8 Å². The van der Waals surface area contributed by atoms with Crippen LogP contribution in [0.25, 0.3) is 0 Å². The fraction of sp³-hybridized carbons (Fsp3) is 0.571. The topological polar surface area (TPSA) is 260 Å². The first-order chi connectivity index (χ1) is 24.6. The molecule has 0 aliphatic rings. The van der Waals surface area contributed by atoms with Crippen LogP contribution in [-0.4, -0.2) is 84.0 Å². The van der Waals surface area contributed by atoms with Gasteiger partial charge in [-0.15, -0.1) is 0 Å². The van der Waals surface area contributed by atoms with Gasteiger partial charge in [-0.25, -0.2) is 14.8 Å². The normalized spacial score (nSPS) is 12.7. The van der Waals surface area contributed by atoms with Gasteiger partial charge in [0.25, 0.3) is 5.91 Å². The number of unbranched alkanes of at least 4 members (excludes halogenated alkanes) is 3. The molecule has 2 aromatic rings. The van der Waals surface area contributed by atoms with Gasteiger partial charge in [-0.3, -0.25) is 19.9 Å². The van der Waals surface area contributed by atoms with Crippen molar-refractivity contribution in [3.8, 4) is 5.75 Å². The van der Waals surface area contributed by atoms with Gasteiger partial charge in [0.1, 0.15) is 18.0 Å². The predicted octanol–water partition coefficient (Wildman–Crippen LogP) is 3.51. The van der Waals surface area contributed by atoms with Crippen LogP contribution >= 0.6 is 11.6 Å². The van der Waals surface area contributed by atoms with Crippen LogP contribution in [0.1, 0.15) is 95.1 Å². The first-order valence-electron chi connectivity index (χ1n) is 17.6. The van der Waals surface area contributed by atoms with E-state index in [4.69, 9.17) is 44.0 Å². The van der Waals surface area contributed by atoms with Crippen molar-refractivity contribution in [2.24, 2.45) is 21.5 Å². The Morgan fingerprint density at radius 1 is 0.942 bits per heavy atom. The van der Waals surface area contributed by atoms with Crippen LogP contribution in [0.5, 0.6) is 5.75 Å². The molecule has 52 heavy (non-hydrogen) atoms. The highest BCUT2D eigenvalue weighted by molar-refractivity contribution is 6.31. The first-order valence-corrected chi connectivity index (χ1v) is 17.9. The molecule has 1 atom stereocenters. The minimum absolute atomic E-state index is 0.0571. The summed E-state index contributed by atoms with van der Waals surface area (Å²) in [7, 11) is 0. The van der Waals surface area contributed by atoms with E-state index in [9.17, 15) is 14.4 Å². The molecule has 0 bridgehead atoms. The Morgan fingerprint density at radius 2 is 1.67 bits per heavy atom. The minimum atomic E-state index is -0.675. The van der Waals surface area contributed by atoms with Crippen LogP contribution in [0, 0.1) is 0 Å². The van der Waals surface area contributed by atoms with Crippen molar-refractivity contribution in [1.29, 1.82) is 0 Å². The maximum atomic E-state index is 12.3. The zero-order valence-electron chi connectivity index (χ0n) is 30.8. The van der Waals surface area contributed by atoms with Gasteiger partial charge in [0.2, 0.25) is 5.91 Å². The van der Waals surface area contributed by atoms with Crippen molar-refractivity contribution in [3.05, 3.63) is 40.7 Å². The molecular formula is C35H56ClN11O5. The molecule has 11 N–H and O–H groups in total. The number of nitrogen functional groups attached to an aromatic ring is 2. The summed E-state index contributed by atoms with van der Waals surface area (Å²) in [4.78, 5) is 52.1. The third-order valence-electron chi connectivity index (χ3n) is 7.38. The third-order valence-corrected chi connectivity index (χ3v) is 7.66. The van der Waals surface area contributed by atoms with Crippen molar-refractivity contribution in [2.45, 2.75) is 97.1 Å². The molecule has 0 saturated heterocycles. The fourth-order valence-electron chi connectivity index (χ4n) is 4.69. The summed E-state index contributed by atoms with van der Waals surface area (Å²) < 4.78 is 11.0. The smallest absolute Gasteiger partial charge is 0.434 e. The predicted molar refractivity (Wildman–Crippen MR) is 206 cm³/mol. The summed E-state index contributed by atoms with van der Waals surface area (Å²) in [6.45, 7) is 10.1. The molecule has 17 heteroatoms. The molecule has 0 fully saturated rings. The lowest BCUT2D eigenvalue weighted by molar-refractivity contribution is -0.122. The van der Waals surface area contributed by atoms with Crippen LogP contribution < -0.4 is 43.6 Å². The largest absolute Gasteiger partial charge is 0.492 e. The number of anilines is 2.